The third kappa shape index (κ3) is 3.64. The average molecular weight is 356 g/mol. The van der Waals surface area contributed by atoms with Gasteiger partial charge in [0.25, 0.3) is 0 Å². The zero-order chi connectivity index (χ0) is 16.8. The lowest BCUT2D eigenvalue weighted by atomic mass is 10.1. The minimum atomic E-state index is -1.95. The fourth-order valence-electron chi connectivity index (χ4n) is 2.92. The van der Waals surface area contributed by atoms with Crippen LogP contribution in [0.25, 0.3) is 0 Å². The summed E-state index contributed by atoms with van der Waals surface area (Å²) in [6, 6.07) is 29.1. The molecule has 122 valence electrons. The van der Waals surface area contributed by atoms with Crippen molar-refractivity contribution in [2.75, 3.05) is 13.3 Å². The van der Waals surface area contributed by atoms with Gasteiger partial charge in [-0.25, -0.2) is 0 Å². The molecule has 24 heavy (non-hydrogen) atoms. The van der Waals surface area contributed by atoms with Crippen LogP contribution >= 0.6 is 17.9 Å². The molecule has 0 aliphatic heterocycles. The van der Waals surface area contributed by atoms with Crippen LogP contribution in [0.4, 0.5) is 0 Å². The molecule has 0 radical (unpaired) electrons. The van der Waals surface area contributed by atoms with E-state index >= 15 is 0 Å². The molecule has 0 aliphatic carbocycles. The van der Waals surface area contributed by atoms with E-state index in [2.05, 4.69) is 60.7 Å². The molecule has 0 N–H and O–H groups in total. The van der Waals surface area contributed by atoms with Gasteiger partial charge in [-0.15, -0.1) is 0 Å². The Balaban J connectivity index is 1.94. The quantitative estimate of drug-likeness (QED) is 0.561. The normalized spacial score (nSPS) is 11.2. The highest BCUT2D eigenvalue weighted by atomic mass is 35.7. The Morgan fingerprint density at radius 2 is 1.25 bits per heavy atom. The van der Waals surface area contributed by atoms with E-state index in [1.807, 2.05) is 24.3 Å². The van der Waals surface area contributed by atoms with Crippen molar-refractivity contribution in [1.29, 1.82) is 0 Å². The smallest absolute Gasteiger partial charge is 0.178 e. The zero-order valence-electron chi connectivity index (χ0n) is 13.7. The van der Waals surface area contributed by atoms with Crippen molar-refractivity contribution in [2.24, 2.45) is 0 Å². The molecule has 1 nitrogen and oxygen atoms in total. The summed E-state index contributed by atoms with van der Waals surface area (Å²) in [4.78, 5) is 0. The lowest BCUT2D eigenvalue weighted by molar-refractivity contribution is 0.410. The molecule has 0 fully saturated rings. The summed E-state index contributed by atoms with van der Waals surface area (Å²) >= 11 is 7.31. The Morgan fingerprint density at radius 3 is 1.79 bits per heavy atom. The van der Waals surface area contributed by atoms with Crippen LogP contribution in [0, 0.1) is 0 Å². The standard InChI is InChI=1S/C21H21ClOP/c1-23-21-15-9-8-10-18(21)16-17-24(22,19-11-4-2-5-12-19)20-13-6-3-7-14-20/h2-15H,16-17H2,1H3/q+1. The molecule has 3 aromatic carbocycles. The van der Waals surface area contributed by atoms with Crippen LogP contribution < -0.4 is 15.3 Å². The number of halogens is 1. The van der Waals surface area contributed by atoms with Crippen LogP contribution in [0.3, 0.4) is 0 Å². The van der Waals surface area contributed by atoms with Crippen molar-refractivity contribution < 1.29 is 4.74 Å². The molecular formula is C21H21ClOP+. The number of benzene rings is 3. The van der Waals surface area contributed by atoms with Gasteiger partial charge in [0.05, 0.1) is 24.5 Å². The summed E-state index contributed by atoms with van der Waals surface area (Å²) < 4.78 is 5.49. The van der Waals surface area contributed by atoms with Gasteiger partial charge in [0.1, 0.15) is 16.4 Å². The molecule has 0 aliphatic rings. The number of aryl methyl sites for hydroxylation is 1. The van der Waals surface area contributed by atoms with E-state index in [0.717, 1.165) is 18.3 Å². The molecule has 0 saturated carbocycles. The SMILES string of the molecule is COc1ccccc1CC[P+](Cl)(c1ccccc1)c1ccccc1. The minimum absolute atomic E-state index is 0.894. The topological polar surface area (TPSA) is 9.23 Å². The highest BCUT2D eigenvalue weighted by Gasteiger charge is 2.41. The van der Waals surface area contributed by atoms with Crippen molar-refractivity contribution in [1.82, 2.24) is 0 Å². The van der Waals surface area contributed by atoms with Crippen LogP contribution in [0.2, 0.25) is 0 Å². The van der Waals surface area contributed by atoms with Gasteiger partial charge in [-0.2, -0.15) is 0 Å². The van der Waals surface area contributed by atoms with Gasteiger partial charge >= 0.3 is 0 Å². The second-order valence-corrected chi connectivity index (χ2v) is 10.3. The highest BCUT2D eigenvalue weighted by Crippen LogP contribution is 2.61. The lowest BCUT2D eigenvalue weighted by Crippen LogP contribution is -2.21. The van der Waals surface area contributed by atoms with E-state index in [9.17, 15) is 0 Å². The molecule has 0 amide bonds. The predicted octanol–water partition coefficient (Wildman–Crippen LogP) is 5.06. The Labute approximate surface area is 149 Å². The van der Waals surface area contributed by atoms with Gasteiger partial charge in [-0.1, -0.05) is 54.6 Å². The third-order valence-electron chi connectivity index (χ3n) is 4.21. The van der Waals surface area contributed by atoms with Crippen molar-refractivity contribution >= 4 is 28.5 Å². The first-order chi connectivity index (χ1) is 11.7. The Bertz CT molecular complexity index is 735. The second kappa shape index (κ2) is 7.83. The molecule has 3 aromatic rings. The second-order valence-electron chi connectivity index (χ2n) is 5.67. The van der Waals surface area contributed by atoms with Crippen molar-refractivity contribution in [3.8, 4) is 5.75 Å². The predicted molar refractivity (Wildman–Crippen MR) is 106 cm³/mol. The minimum Gasteiger partial charge on any atom is -0.496 e. The van der Waals surface area contributed by atoms with Gasteiger partial charge in [-0.05, 0) is 35.9 Å². The third-order valence-corrected chi connectivity index (χ3v) is 8.96. The average Bonchev–Trinajstić information content (AvgIpc) is 2.67. The van der Waals surface area contributed by atoms with Gasteiger partial charge in [0, 0.05) is 6.42 Å². The van der Waals surface area contributed by atoms with Crippen molar-refractivity contribution in [3.05, 3.63) is 90.5 Å². The highest BCUT2D eigenvalue weighted by molar-refractivity contribution is 8.09. The first kappa shape index (κ1) is 17.0. The molecule has 3 heteroatoms. The summed E-state index contributed by atoms with van der Waals surface area (Å²) in [6.07, 6.45) is 1.80. The number of hydrogen-bond acceptors (Lipinski definition) is 1. The maximum absolute atomic E-state index is 7.31. The fourth-order valence-corrected chi connectivity index (χ4v) is 6.50. The summed E-state index contributed by atoms with van der Waals surface area (Å²) in [5.74, 6) is 0.932. The summed E-state index contributed by atoms with van der Waals surface area (Å²) in [5, 5.41) is 2.46. The first-order valence-electron chi connectivity index (χ1n) is 8.05. The number of para-hydroxylation sites is 1. The van der Waals surface area contributed by atoms with E-state index in [0.29, 0.717) is 0 Å². The Hall–Kier alpha value is -1.82. The van der Waals surface area contributed by atoms with E-state index in [1.54, 1.807) is 7.11 Å². The molecule has 0 saturated heterocycles. The maximum atomic E-state index is 7.31. The van der Waals surface area contributed by atoms with E-state index in [1.165, 1.54) is 16.2 Å². The number of ether oxygens (including phenoxy) is 1. The van der Waals surface area contributed by atoms with E-state index < -0.39 is 6.62 Å². The summed E-state index contributed by atoms with van der Waals surface area (Å²) in [5.41, 5.74) is 1.21. The lowest BCUT2D eigenvalue weighted by Gasteiger charge is -2.19. The maximum Gasteiger partial charge on any atom is 0.178 e. The molecule has 0 aromatic heterocycles. The van der Waals surface area contributed by atoms with Crippen LogP contribution in [0.15, 0.2) is 84.9 Å². The molecule has 0 heterocycles. The molecule has 0 bridgehead atoms. The van der Waals surface area contributed by atoms with Crippen LogP contribution in [-0.4, -0.2) is 13.3 Å². The largest absolute Gasteiger partial charge is 0.496 e. The summed E-state index contributed by atoms with van der Waals surface area (Å²) in [7, 11) is 1.72. The Kier molecular flexibility index (Phi) is 5.56. The molecule has 0 spiro atoms. The van der Waals surface area contributed by atoms with Gasteiger partial charge < -0.3 is 4.74 Å². The fraction of sp³-hybridized carbons (Fsp3) is 0.143. The Morgan fingerprint density at radius 1 is 0.750 bits per heavy atom. The molecule has 0 atom stereocenters. The monoisotopic (exact) mass is 355 g/mol. The van der Waals surface area contributed by atoms with Crippen LogP contribution in [-0.2, 0) is 6.42 Å². The molecule has 0 unspecified atom stereocenters. The van der Waals surface area contributed by atoms with Gasteiger partial charge in [0.15, 0.2) is 6.62 Å². The number of methoxy groups -OCH3 is 1. The first-order valence-corrected chi connectivity index (χ1v) is 10.9. The summed E-state index contributed by atoms with van der Waals surface area (Å²) in [6.45, 7) is -1.95. The van der Waals surface area contributed by atoms with Crippen LogP contribution in [0.5, 0.6) is 5.75 Å². The van der Waals surface area contributed by atoms with Crippen LogP contribution in [0.1, 0.15) is 5.56 Å². The number of rotatable bonds is 6. The molecule has 3 rings (SSSR count). The van der Waals surface area contributed by atoms with Gasteiger partial charge in [0.2, 0.25) is 0 Å². The number of hydrogen-bond donors (Lipinski definition) is 0. The van der Waals surface area contributed by atoms with Crippen molar-refractivity contribution in [2.45, 2.75) is 6.42 Å². The van der Waals surface area contributed by atoms with E-state index in [4.69, 9.17) is 16.0 Å². The zero-order valence-corrected chi connectivity index (χ0v) is 15.4. The van der Waals surface area contributed by atoms with Gasteiger partial charge in [-0.3, -0.25) is 0 Å². The van der Waals surface area contributed by atoms with E-state index in [-0.39, 0.29) is 0 Å². The van der Waals surface area contributed by atoms with Crippen molar-refractivity contribution in [3.63, 3.8) is 0 Å². The molecular weight excluding hydrogens is 335 g/mol.